The summed E-state index contributed by atoms with van der Waals surface area (Å²) < 4.78 is 0. The molecular weight excluding hydrogens is 222 g/mol. The smallest absolute Gasteiger partial charge is 0.159 e. The Morgan fingerprint density at radius 1 is 1.22 bits per heavy atom. The van der Waals surface area contributed by atoms with Crippen LogP contribution in [0.5, 0.6) is 0 Å². The third-order valence-electron chi connectivity index (χ3n) is 5.46. The van der Waals surface area contributed by atoms with Crippen molar-refractivity contribution in [2.24, 2.45) is 17.8 Å². The minimum Gasteiger partial charge on any atom is -0.368 e. The molecule has 18 heavy (non-hydrogen) atoms. The summed E-state index contributed by atoms with van der Waals surface area (Å²) in [4.78, 5) is 14.4. The van der Waals surface area contributed by atoms with Crippen LogP contribution in [0.2, 0.25) is 0 Å². The Balaban J connectivity index is 1.90. The summed E-state index contributed by atoms with van der Waals surface area (Å²) in [6, 6.07) is 1.20. The number of carbonyl (C=O) groups is 1. The maximum atomic E-state index is 11.7. The van der Waals surface area contributed by atoms with Gasteiger partial charge in [-0.2, -0.15) is 0 Å². The molecule has 2 heteroatoms. The minimum absolute atomic E-state index is 0.337. The predicted molar refractivity (Wildman–Crippen MR) is 73.1 cm³/mol. The Morgan fingerprint density at radius 3 is 2.78 bits per heavy atom. The van der Waals surface area contributed by atoms with Crippen molar-refractivity contribution < 1.29 is 4.79 Å². The Hall–Kier alpha value is -0.790. The van der Waals surface area contributed by atoms with Gasteiger partial charge in [0.1, 0.15) is 0 Å². The summed E-state index contributed by atoms with van der Waals surface area (Å²) in [6.45, 7) is 6.94. The lowest BCUT2D eigenvalue weighted by Gasteiger charge is -2.55. The van der Waals surface area contributed by atoms with Crippen molar-refractivity contribution in [1.29, 1.82) is 0 Å². The first-order valence-corrected chi connectivity index (χ1v) is 7.55. The zero-order valence-corrected chi connectivity index (χ0v) is 11.9. The van der Waals surface area contributed by atoms with Gasteiger partial charge >= 0.3 is 0 Å². The number of rotatable bonds is 0. The monoisotopic (exact) mass is 247 g/mol. The fourth-order valence-electron chi connectivity index (χ4n) is 4.68. The standard InChI is InChI=1S/C16H25NO/c1-10-4-5-16-15(6-10)11(2)7-13-9-14(18)8-12(3)17(13)16/h8,10-11,13,15-16H,4-7,9H2,1-3H3. The first-order valence-electron chi connectivity index (χ1n) is 7.55. The largest absolute Gasteiger partial charge is 0.368 e. The van der Waals surface area contributed by atoms with Crippen molar-refractivity contribution in [1.82, 2.24) is 4.90 Å². The van der Waals surface area contributed by atoms with Gasteiger partial charge in [0.15, 0.2) is 5.78 Å². The lowest BCUT2D eigenvalue weighted by Crippen LogP contribution is -2.56. The van der Waals surface area contributed by atoms with Gasteiger partial charge in [0.2, 0.25) is 0 Å². The molecule has 0 aromatic rings. The molecule has 0 aromatic carbocycles. The summed E-state index contributed by atoms with van der Waals surface area (Å²) in [5.41, 5.74) is 1.23. The van der Waals surface area contributed by atoms with Crippen molar-refractivity contribution in [3.63, 3.8) is 0 Å². The summed E-state index contributed by atoms with van der Waals surface area (Å²) in [5.74, 6) is 2.86. The summed E-state index contributed by atoms with van der Waals surface area (Å²) in [7, 11) is 0. The molecule has 100 valence electrons. The minimum atomic E-state index is 0.337. The molecule has 2 nitrogen and oxygen atoms in total. The predicted octanol–water partition coefficient (Wildman–Crippen LogP) is 3.38. The van der Waals surface area contributed by atoms with E-state index in [4.69, 9.17) is 0 Å². The van der Waals surface area contributed by atoms with Crippen LogP contribution in [0.1, 0.15) is 52.9 Å². The van der Waals surface area contributed by atoms with Crippen LogP contribution in [0.3, 0.4) is 0 Å². The molecule has 0 spiro atoms. The quantitative estimate of drug-likeness (QED) is 0.654. The van der Waals surface area contributed by atoms with E-state index in [9.17, 15) is 4.79 Å². The van der Waals surface area contributed by atoms with Crippen LogP contribution in [0, 0.1) is 17.8 Å². The van der Waals surface area contributed by atoms with E-state index in [-0.39, 0.29) is 0 Å². The van der Waals surface area contributed by atoms with Crippen LogP contribution in [-0.2, 0) is 4.79 Å². The van der Waals surface area contributed by atoms with Gasteiger partial charge in [-0.15, -0.1) is 0 Å². The third kappa shape index (κ3) is 1.90. The zero-order valence-electron chi connectivity index (χ0n) is 11.9. The van der Waals surface area contributed by atoms with Crippen LogP contribution in [0.25, 0.3) is 0 Å². The third-order valence-corrected chi connectivity index (χ3v) is 5.46. The normalized spacial score (nSPS) is 44.2. The highest BCUT2D eigenvalue weighted by molar-refractivity contribution is 5.91. The molecular formula is C16H25NO. The van der Waals surface area contributed by atoms with Gasteiger partial charge in [0.25, 0.3) is 0 Å². The number of piperidine rings is 1. The van der Waals surface area contributed by atoms with Gasteiger partial charge in [0, 0.05) is 30.3 Å². The van der Waals surface area contributed by atoms with E-state index in [0.717, 1.165) is 24.2 Å². The summed E-state index contributed by atoms with van der Waals surface area (Å²) in [6.07, 6.45) is 7.91. The zero-order chi connectivity index (χ0) is 12.9. The second-order valence-electron chi connectivity index (χ2n) is 6.88. The fourth-order valence-corrected chi connectivity index (χ4v) is 4.68. The molecule has 0 radical (unpaired) electrons. The molecule has 1 aliphatic carbocycles. The van der Waals surface area contributed by atoms with Gasteiger partial charge in [-0.3, -0.25) is 4.79 Å². The van der Waals surface area contributed by atoms with E-state index in [1.807, 2.05) is 6.08 Å². The van der Waals surface area contributed by atoms with Gasteiger partial charge < -0.3 is 4.90 Å². The first-order chi connectivity index (χ1) is 8.56. The van der Waals surface area contributed by atoms with Crippen LogP contribution >= 0.6 is 0 Å². The van der Waals surface area contributed by atoms with Crippen LogP contribution in [0.15, 0.2) is 11.8 Å². The van der Waals surface area contributed by atoms with Crippen molar-refractivity contribution >= 4 is 5.78 Å². The molecule has 2 fully saturated rings. The maximum absolute atomic E-state index is 11.7. The van der Waals surface area contributed by atoms with E-state index >= 15 is 0 Å². The van der Waals surface area contributed by atoms with Crippen LogP contribution in [-0.4, -0.2) is 22.8 Å². The molecule has 1 saturated carbocycles. The molecule has 5 atom stereocenters. The lowest BCUT2D eigenvalue weighted by atomic mass is 9.66. The number of carbonyl (C=O) groups excluding carboxylic acids is 1. The topological polar surface area (TPSA) is 20.3 Å². The van der Waals surface area contributed by atoms with Crippen molar-refractivity contribution in [3.8, 4) is 0 Å². The average Bonchev–Trinajstić information content (AvgIpc) is 2.29. The van der Waals surface area contributed by atoms with Crippen molar-refractivity contribution in [2.45, 2.75) is 65.0 Å². The van der Waals surface area contributed by atoms with Crippen LogP contribution in [0.4, 0.5) is 0 Å². The Morgan fingerprint density at radius 2 is 2.00 bits per heavy atom. The van der Waals surface area contributed by atoms with E-state index in [1.54, 1.807) is 0 Å². The highest BCUT2D eigenvalue weighted by Gasteiger charge is 2.45. The highest BCUT2D eigenvalue weighted by atomic mass is 16.1. The molecule has 5 unspecified atom stereocenters. The van der Waals surface area contributed by atoms with E-state index in [1.165, 1.54) is 31.4 Å². The fraction of sp³-hybridized carbons (Fsp3) is 0.812. The van der Waals surface area contributed by atoms with Gasteiger partial charge in [0.05, 0.1) is 0 Å². The Bertz CT molecular complexity index is 387. The molecule has 2 aliphatic heterocycles. The number of fused-ring (bicyclic) bond motifs is 3. The highest BCUT2D eigenvalue weighted by Crippen LogP contribution is 2.46. The molecule has 2 heterocycles. The van der Waals surface area contributed by atoms with Crippen LogP contribution < -0.4 is 0 Å². The maximum Gasteiger partial charge on any atom is 0.159 e. The SMILES string of the molecule is CC1=CC(=O)CC2CC(C)C3CC(C)CCC3N12. The van der Waals surface area contributed by atoms with Gasteiger partial charge in [-0.05, 0) is 50.4 Å². The Labute approximate surface area is 110 Å². The molecule has 0 bridgehead atoms. The molecule has 0 amide bonds. The van der Waals surface area contributed by atoms with E-state index < -0.39 is 0 Å². The second kappa shape index (κ2) is 4.40. The number of ketones is 1. The molecule has 3 rings (SSSR count). The lowest BCUT2D eigenvalue weighted by molar-refractivity contribution is -0.119. The molecule has 3 aliphatic rings. The van der Waals surface area contributed by atoms with Gasteiger partial charge in [-0.25, -0.2) is 0 Å². The molecule has 0 aromatic heterocycles. The second-order valence-corrected chi connectivity index (χ2v) is 6.88. The summed E-state index contributed by atoms with van der Waals surface area (Å²) >= 11 is 0. The number of nitrogens with zero attached hydrogens (tertiary/aromatic N) is 1. The Kier molecular flexibility index (Phi) is 2.99. The van der Waals surface area contributed by atoms with Crippen molar-refractivity contribution in [3.05, 3.63) is 11.8 Å². The van der Waals surface area contributed by atoms with Crippen molar-refractivity contribution in [2.75, 3.05) is 0 Å². The number of allylic oxidation sites excluding steroid dienone is 2. The van der Waals surface area contributed by atoms with Gasteiger partial charge in [-0.1, -0.05) is 13.8 Å². The number of hydrogen-bond donors (Lipinski definition) is 0. The van der Waals surface area contributed by atoms with E-state index in [2.05, 4.69) is 25.7 Å². The number of hydrogen-bond acceptors (Lipinski definition) is 2. The average molecular weight is 247 g/mol. The summed E-state index contributed by atoms with van der Waals surface area (Å²) in [5, 5.41) is 0. The first kappa shape index (κ1) is 12.3. The molecule has 1 saturated heterocycles. The molecule has 0 N–H and O–H groups in total. The van der Waals surface area contributed by atoms with E-state index in [0.29, 0.717) is 17.9 Å².